The molecule has 2 aromatic carbocycles. The maximum absolute atomic E-state index is 12.8. The fraction of sp³-hybridized carbons (Fsp3) is 0.200. The van der Waals surface area contributed by atoms with Crippen molar-refractivity contribution in [1.82, 2.24) is 0 Å². The highest BCUT2D eigenvalue weighted by molar-refractivity contribution is 5.63. The number of hydrogen-bond donors (Lipinski definition) is 1. The zero-order valence-corrected chi connectivity index (χ0v) is 10.4. The van der Waals surface area contributed by atoms with Gasteiger partial charge in [-0.25, -0.2) is 0 Å². The van der Waals surface area contributed by atoms with Gasteiger partial charge in [0.05, 0.1) is 0 Å². The van der Waals surface area contributed by atoms with E-state index >= 15 is 0 Å². The molecule has 2 N–H and O–H groups in total. The molecule has 0 saturated heterocycles. The van der Waals surface area contributed by atoms with E-state index in [2.05, 4.69) is 0 Å². The smallest absolute Gasteiger partial charge is 0.314 e. The second-order valence-electron chi connectivity index (χ2n) is 4.64. The molecule has 100 valence electrons. The van der Waals surface area contributed by atoms with Crippen molar-refractivity contribution >= 4 is 0 Å². The summed E-state index contributed by atoms with van der Waals surface area (Å²) in [5, 5.41) is 0. The van der Waals surface area contributed by atoms with Gasteiger partial charge in [0.2, 0.25) is 0 Å². The first-order valence-corrected chi connectivity index (χ1v) is 5.84. The lowest BCUT2D eigenvalue weighted by molar-refractivity contribution is -0.184. The number of benzene rings is 2. The highest BCUT2D eigenvalue weighted by Gasteiger charge is 2.49. The third-order valence-corrected chi connectivity index (χ3v) is 3.18. The van der Waals surface area contributed by atoms with Crippen molar-refractivity contribution in [3.63, 3.8) is 0 Å². The lowest BCUT2D eigenvalue weighted by atomic mass is 9.91. The fourth-order valence-corrected chi connectivity index (χ4v) is 1.80. The zero-order valence-electron chi connectivity index (χ0n) is 10.4. The van der Waals surface area contributed by atoms with Crippen LogP contribution in [-0.4, -0.2) is 6.18 Å². The first kappa shape index (κ1) is 13.6. The van der Waals surface area contributed by atoms with E-state index < -0.39 is 11.7 Å². The lowest BCUT2D eigenvalue weighted by Crippen LogP contribution is -2.47. The summed E-state index contributed by atoms with van der Waals surface area (Å²) in [6, 6.07) is 15.6. The molecule has 2 rings (SSSR count). The third-order valence-electron chi connectivity index (χ3n) is 3.18. The Labute approximate surface area is 109 Å². The number of alkyl halides is 3. The summed E-state index contributed by atoms with van der Waals surface area (Å²) in [6.07, 6.45) is -4.47. The van der Waals surface area contributed by atoms with E-state index in [1.165, 1.54) is 12.1 Å². The van der Waals surface area contributed by atoms with Crippen molar-refractivity contribution in [3.8, 4) is 11.1 Å². The minimum atomic E-state index is -4.47. The molecule has 0 amide bonds. The van der Waals surface area contributed by atoms with Gasteiger partial charge in [-0.2, -0.15) is 13.2 Å². The summed E-state index contributed by atoms with van der Waals surface area (Å²) in [7, 11) is 0. The van der Waals surface area contributed by atoms with Gasteiger partial charge in [0.25, 0.3) is 0 Å². The first-order valence-electron chi connectivity index (χ1n) is 5.84. The summed E-state index contributed by atoms with van der Waals surface area (Å²) in [5.74, 6) is 0. The molecule has 0 aliphatic carbocycles. The number of hydrogen-bond acceptors (Lipinski definition) is 1. The monoisotopic (exact) mass is 265 g/mol. The van der Waals surface area contributed by atoms with Crippen LogP contribution in [-0.2, 0) is 5.54 Å². The lowest BCUT2D eigenvalue weighted by Gasteiger charge is -2.28. The minimum Gasteiger partial charge on any atom is -0.314 e. The minimum absolute atomic E-state index is 0.0553. The molecular formula is C15H14F3N. The largest absolute Gasteiger partial charge is 0.410 e. The molecule has 1 unspecified atom stereocenters. The average Bonchev–Trinajstić information content (AvgIpc) is 2.39. The predicted octanol–water partition coefficient (Wildman–Crippen LogP) is 4.09. The van der Waals surface area contributed by atoms with Crippen LogP contribution >= 0.6 is 0 Å². The van der Waals surface area contributed by atoms with Crippen LogP contribution in [0.25, 0.3) is 11.1 Å². The van der Waals surface area contributed by atoms with Crippen LogP contribution in [0.5, 0.6) is 0 Å². The van der Waals surface area contributed by atoms with Crippen molar-refractivity contribution in [1.29, 1.82) is 0 Å². The molecule has 4 heteroatoms. The number of nitrogens with two attached hydrogens (primary N) is 1. The summed E-state index contributed by atoms with van der Waals surface area (Å²) < 4.78 is 38.5. The second kappa shape index (κ2) is 4.70. The molecule has 0 aromatic heterocycles. The Kier molecular flexibility index (Phi) is 3.37. The van der Waals surface area contributed by atoms with Gasteiger partial charge in [-0.15, -0.1) is 0 Å². The van der Waals surface area contributed by atoms with E-state index in [0.29, 0.717) is 0 Å². The Bertz CT molecular complexity index is 542. The maximum Gasteiger partial charge on any atom is 0.410 e. The maximum atomic E-state index is 12.8. The normalized spacial score (nSPS) is 15.0. The molecule has 1 nitrogen and oxygen atoms in total. The summed E-state index contributed by atoms with van der Waals surface area (Å²) in [6.45, 7) is 0.977. The molecule has 0 saturated carbocycles. The third kappa shape index (κ3) is 2.63. The van der Waals surface area contributed by atoms with Gasteiger partial charge in [0.15, 0.2) is 0 Å². The van der Waals surface area contributed by atoms with Crippen LogP contribution < -0.4 is 5.73 Å². The summed E-state index contributed by atoms with van der Waals surface area (Å²) in [5.41, 5.74) is 4.92. The second-order valence-corrected chi connectivity index (χ2v) is 4.64. The van der Waals surface area contributed by atoms with Gasteiger partial charge >= 0.3 is 6.18 Å². The van der Waals surface area contributed by atoms with Gasteiger partial charge in [0.1, 0.15) is 5.54 Å². The highest BCUT2D eigenvalue weighted by atomic mass is 19.4. The first-order chi connectivity index (χ1) is 8.82. The van der Waals surface area contributed by atoms with Crippen LogP contribution in [0.15, 0.2) is 54.6 Å². The molecule has 19 heavy (non-hydrogen) atoms. The van der Waals surface area contributed by atoms with Crippen LogP contribution in [0.4, 0.5) is 13.2 Å². The molecule has 2 aromatic rings. The van der Waals surface area contributed by atoms with Crippen LogP contribution in [0.2, 0.25) is 0 Å². The number of rotatable bonds is 2. The molecule has 0 fully saturated rings. The quantitative estimate of drug-likeness (QED) is 0.869. The van der Waals surface area contributed by atoms with Gasteiger partial charge < -0.3 is 5.73 Å². The predicted molar refractivity (Wildman–Crippen MR) is 69.5 cm³/mol. The van der Waals surface area contributed by atoms with Crippen molar-refractivity contribution in [2.45, 2.75) is 18.6 Å². The van der Waals surface area contributed by atoms with E-state index in [9.17, 15) is 13.2 Å². The summed E-state index contributed by atoms with van der Waals surface area (Å²) >= 11 is 0. The molecule has 1 atom stereocenters. The van der Waals surface area contributed by atoms with E-state index in [1.807, 2.05) is 30.3 Å². The Morgan fingerprint density at radius 3 is 1.74 bits per heavy atom. The molecular weight excluding hydrogens is 251 g/mol. The van der Waals surface area contributed by atoms with Crippen molar-refractivity contribution in [3.05, 3.63) is 60.2 Å². The zero-order chi connectivity index (χ0) is 14.1. The van der Waals surface area contributed by atoms with Gasteiger partial charge in [-0.1, -0.05) is 54.6 Å². The molecule has 0 heterocycles. The average molecular weight is 265 g/mol. The summed E-state index contributed by atoms with van der Waals surface area (Å²) in [4.78, 5) is 0. The van der Waals surface area contributed by atoms with Crippen LogP contribution in [0, 0.1) is 0 Å². The van der Waals surface area contributed by atoms with E-state index in [1.54, 1.807) is 12.1 Å². The van der Waals surface area contributed by atoms with Gasteiger partial charge in [0, 0.05) is 0 Å². The highest BCUT2D eigenvalue weighted by Crippen LogP contribution is 2.36. The Morgan fingerprint density at radius 1 is 0.789 bits per heavy atom. The van der Waals surface area contributed by atoms with Gasteiger partial charge in [-0.3, -0.25) is 0 Å². The van der Waals surface area contributed by atoms with Crippen molar-refractivity contribution in [2.75, 3.05) is 0 Å². The Morgan fingerprint density at radius 2 is 1.26 bits per heavy atom. The number of halogens is 3. The molecule has 0 radical (unpaired) electrons. The van der Waals surface area contributed by atoms with Crippen LogP contribution in [0.3, 0.4) is 0 Å². The fourth-order valence-electron chi connectivity index (χ4n) is 1.80. The van der Waals surface area contributed by atoms with Crippen LogP contribution in [0.1, 0.15) is 12.5 Å². The van der Waals surface area contributed by atoms with Crippen molar-refractivity contribution < 1.29 is 13.2 Å². The molecule has 0 aliphatic heterocycles. The van der Waals surface area contributed by atoms with Crippen molar-refractivity contribution in [2.24, 2.45) is 5.73 Å². The molecule has 0 bridgehead atoms. The SMILES string of the molecule is CC(N)(c1ccc(-c2ccccc2)cc1)C(F)(F)F. The standard InChI is InChI=1S/C15H14F3N/c1-14(19,15(16,17)18)13-9-7-12(8-10-13)11-5-3-2-4-6-11/h2-10H,19H2,1H3. The van der Waals surface area contributed by atoms with E-state index in [-0.39, 0.29) is 5.56 Å². The van der Waals surface area contributed by atoms with Gasteiger partial charge in [-0.05, 0) is 23.6 Å². The molecule has 0 aliphatic rings. The topological polar surface area (TPSA) is 26.0 Å². The van der Waals surface area contributed by atoms with E-state index in [0.717, 1.165) is 18.1 Å². The Hall–Kier alpha value is -1.81. The molecule has 0 spiro atoms. The van der Waals surface area contributed by atoms with E-state index in [4.69, 9.17) is 5.73 Å². The Balaban J connectivity index is 2.35.